The summed E-state index contributed by atoms with van der Waals surface area (Å²) in [6, 6.07) is 13.4. The number of amides is 2. The van der Waals surface area contributed by atoms with E-state index < -0.39 is 0 Å². The summed E-state index contributed by atoms with van der Waals surface area (Å²) in [5, 5.41) is 0. The highest BCUT2D eigenvalue weighted by Gasteiger charge is 2.36. The first-order chi connectivity index (χ1) is 14.4. The normalized spacial score (nSPS) is 23.5. The second-order valence-electron chi connectivity index (χ2n) is 7.39. The van der Waals surface area contributed by atoms with Crippen molar-refractivity contribution in [1.82, 2.24) is 9.80 Å². The molecule has 0 aliphatic carbocycles. The molecule has 4 rings (SSSR count). The molecule has 2 unspecified atom stereocenters. The molecule has 2 amide bonds. The van der Waals surface area contributed by atoms with Crippen LogP contribution in [-0.2, 0) is 14.3 Å². The van der Waals surface area contributed by atoms with Crippen molar-refractivity contribution < 1.29 is 18.7 Å². The van der Waals surface area contributed by atoms with Gasteiger partial charge in [-0.1, -0.05) is 54.3 Å². The van der Waals surface area contributed by atoms with Gasteiger partial charge in [0, 0.05) is 24.7 Å². The number of thioether (sulfide) groups is 1. The number of morpholine rings is 1. The molecule has 6 nitrogen and oxygen atoms in total. The summed E-state index contributed by atoms with van der Waals surface area (Å²) >= 11 is 6.54. The molecule has 0 bridgehead atoms. The number of ether oxygens (including phenoxy) is 1. The lowest BCUT2D eigenvalue weighted by Crippen LogP contribution is -2.51. The largest absolute Gasteiger partial charge is 0.457 e. The lowest BCUT2D eigenvalue weighted by molar-refractivity contribution is -0.145. The molecule has 156 valence electrons. The zero-order valence-electron chi connectivity index (χ0n) is 16.7. The molecule has 0 spiro atoms. The second kappa shape index (κ2) is 8.75. The van der Waals surface area contributed by atoms with E-state index in [9.17, 15) is 9.59 Å². The highest BCUT2D eigenvalue weighted by molar-refractivity contribution is 8.26. The molecular weight excluding hydrogens is 420 g/mol. The Balaban J connectivity index is 1.45. The Morgan fingerprint density at radius 2 is 1.87 bits per heavy atom. The summed E-state index contributed by atoms with van der Waals surface area (Å²) in [5.41, 5.74) is 0.962. The van der Waals surface area contributed by atoms with Gasteiger partial charge in [0.1, 0.15) is 22.4 Å². The maximum absolute atomic E-state index is 12.9. The van der Waals surface area contributed by atoms with E-state index in [1.807, 2.05) is 56.3 Å². The molecule has 30 heavy (non-hydrogen) atoms. The van der Waals surface area contributed by atoms with Crippen molar-refractivity contribution in [3.63, 3.8) is 0 Å². The molecule has 1 aromatic carbocycles. The van der Waals surface area contributed by atoms with E-state index in [0.717, 1.165) is 11.3 Å². The van der Waals surface area contributed by atoms with Gasteiger partial charge in [-0.15, -0.1) is 0 Å². The Morgan fingerprint density at radius 3 is 2.57 bits per heavy atom. The molecule has 1 aromatic heterocycles. The SMILES string of the molecule is CC1CN(C(=O)CN2C(=O)/C(=C/c3ccc(-c4ccccc4)o3)SC2=S)CC(C)O1. The van der Waals surface area contributed by atoms with E-state index in [0.29, 0.717) is 28.1 Å². The van der Waals surface area contributed by atoms with E-state index >= 15 is 0 Å². The molecule has 0 radical (unpaired) electrons. The predicted octanol–water partition coefficient (Wildman–Crippen LogP) is 3.78. The van der Waals surface area contributed by atoms with Gasteiger partial charge in [-0.25, -0.2) is 0 Å². The summed E-state index contributed by atoms with van der Waals surface area (Å²) in [4.78, 5) is 29.1. The van der Waals surface area contributed by atoms with Crippen LogP contribution >= 0.6 is 24.0 Å². The lowest BCUT2D eigenvalue weighted by Gasteiger charge is -2.36. The van der Waals surface area contributed by atoms with Gasteiger partial charge < -0.3 is 14.1 Å². The van der Waals surface area contributed by atoms with Crippen molar-refractivity contribution in [3.8, 4) is 11.3 Å². The van der Waals surface area contributed by atoms with Crippen LogP contribution in [0.2, 0.25) is 0 Å². The Bertz CT molecular complexity index is 992. The van der Waals surface area contributed by atoms with Crippen LogP contribution in [0.1, 0.15) is 19.6 Å². The number of benzene rings is 1. The Hall–Kier alpha value is -2.42. The highest BCUT2D eigenvalue weighted by atomic mass is 32.2. The molecule has 0 saturated carbocycles. The lowest BCUT2D eigenvalue weighted by atomic mass is 10.2. The fourth-order valence-electron chi connectivity index (χ4n) is 3.57. The maximum atomic E-state index is 12.9. The molecule has 0 N–H and O–H groups in total. The molecule has 2 aromatic rings. The number of carbonyl (C=O) groups is 2. The van der Waals surface area contributed by atoms with E-state index in [4.69, 9.17) is 21.4 Å². The van der Waals surface area contributed by atoms with Crippen molar-refractivity contribution >= 4 is 46.2 Å². The van der Waals surface area contributed by atoms with Crippen molar-refractivity contribution in [2.75, 3.05) is 19.6 Å². The highest BCUT2D eigenvalue weighted by Crippen LogP contribution is 2.33. The van der Waals surface area contributed by atoms with Crippen molar-refractivity contribution in [3.05, 3.63) is 53.1 Å². The smallest absolute Gasteiger partial charge is 0.266 e. The van der Waals surface area contributed by atoms with Crippen LogP contribution < -0.4 is 0 Å². The Morgan fingerprint density at radius 1 is 1.17 bits per heavy atom. The third-order valence-electron chi connectivity index (χ3n) is 4.90. The number of rotatable bonds is 4. The minimum atomic E-state index is -0.273. The summed E-state index contributed by atoms with van der Waals surface area (Å²) < 4.78 is 11.9. The van der Waals surface area contributed by atoms with Crippen LogP contribution in [0.15, 0.2) is 51.8 Å². The monoisotopic (exact) mass is 442 g/mol. The quantitative estimate of drug-likeness (QED) is 0.530. The molecule has 8 heteroatoms. The van der Waals surface area contributed by atoms with Crippen molar-refractivity contribution in [2.24, 2.45) is 0 Å². The Kier molecular flexibility index (Phi) is 6.08. The second-order valence-corrected chi connectivity index (χ2v) is 9.07. The molecule has 2 saturated heterocycles. The van der Waals surface area contributed by atoms with Crippen LogP contribution in [0.25, 0.3) is 17.4 Å². The first-order valence-corrected chi connectivity index (χ1v) is 11.0. The first-order valence-electron chi connectivity index (χ1n) is 9.74. The van der Waals surface area contributed by atoms with Crippen LogP contribution in [-0.4, -0.2) is 57.8 Å². The van der Waals surface area contributed by atoms with Gasteiger partial charge in [-0.3, -0.25) is 14.5 Å². The van der Waals surface area contributed by atoms with Gasteiger partial charge in [0.25, 0.3) is 5.91 Å². The minimum absolute atomic E-state index is 0.0264. The third-order valence-corrected chi connectivity index (χ3v) is 6.28. The summed E-state index contributed by atoms with van der Waals surface area (Å²) in [5.74, 6) is 0.892. The number of furan rings is 1. The van der Waals surface area contributed by atoms with Gasteiger partial charge >= 0.3 is 0 Å². The summed E-state index contributed by atoms with van der Waals surface area (Å²) in [6.07, 6.45) is 1.62. The number of hydrogen-bond donors (Lipinski definition) is 0. The fourth-order valence-corrected chi connectivity index (χ4v) is 4.81. The van der Waals surface area contributed by atoms with Gasteiger partial charge in [-0.05, 0) is 26.0 Å². The number of thiocarbonyl (C=S) groups is 1. The van der Waals surface area contributed by atoms with Gasteiger partial charge in [0.15, 0.2) is 0 Å². The van der Waals surface area contributed by atoms with Crippen LogP contribution in [0.3, 0.4) is 0 Å². The molecular formula is C22H22N2O4S2. The van der Waals surface area contributed by atoms with Crippen molar-refractivity contribution in [1.29, 1.82) is 0 Å². The molecule has 3 heterocycles. The average Bonchev–Trinajstić information content (AvgIpc) is 3.28. The minimum Gasteiger partial charge on any atom is -0.457 e. The molecule has 2 aliphatic rings. The van der Waals surface area contributed by atoms with Crippen LogP contribution in [0.4, 0.5) is 0 Å². The van der Waals surface area contributed by atoms with E-state index in [-0.39, 0.29) is 30.6 Å². The maximum Gasteiger partial charge on any atom is 0.266 e. The Labute approximate surface area is 184 Å². The average molecular weight is 443 g/mol. The zero-order chi connectivity index (χ0) is 21.3. The van der Waals surface area contributed by atoms with Crippen LogP contribution in [0.5, 0.6) is 0 Å². The van der Waals surface area contributed by atoms with Crippen LogP contribution in [0, 0.1) is 0 Å². The standard InChI is InChI=1S/C22H22N2O4S2/c1-14-11-23(12-15(2)27-14)20(25)13-24-21(26)19(30-22(24)29)10-17-8-9-18(28-17)16-6-4-3-5-7-16/h3-10,14-15H,11-13H2,1-2H3/b19-10-. The third kappa shape index (κ3) is 4.50. The summed E-state index contributed by atoms with van der Waals surface area (Å²) in [7, 11) is 0. The first kappa shape index (κ1) is 20.8. The molecule has 2 atom stereocenters. The summed E-state index contributed by atoms with van der Waals surface area (Å²) in [6.45, 7) is 4.84. The molecule has 2 aliphatic heterocycles. The van der Waals surface area contributed by atoms with E-state index in [2.05, 4.69) is 0 Å². The number of carbonyl (C=O) groups excluding carboxylic acids is 2. The fraction of sp³-hybridized carbons (Fsp3) is 0.318. The van der Waals surface area contributed by atoms with Crippen molar-refractivity contribution in [2.45, 2.75) is 26.1 Å². The number of nitrogens with zero attached hydrogens (tertiary/aromatic N) is 2. The van der Waals surface area contributed by atoms with Gasteiger partial charge in [0.05, 0.1) is 17.1 Å². The number of hydrogen-bond acceptors (Lipinski definition) is 6. The molecule has 2 fully saturated rings. The van der Waals surface area contributed by atoms with Gasteiger partial charge in [0.2, 0.25) is 5.91 Å². The van der Waals surface area contributed by atoms with E-state index in [1.54, 1.807) is 11.0 Å². The van der Waals surface area contributed by atoms with Gasteiger partial charge in [-0.2, -0.15) is 0 Å². The zero-order valence-corrected chi connectivity index (χ0v) is 18.4. The topological polar surface area (TPSA) is 63.0 Å². The van der Waals surface area contributed by atoms with E-state index in [1.165, 1.54) is 16.7 Å². The predicted molar refractivity (Wildman–Crippen MR) is 121 cm³/mol.